The number of methoxy groups -OCH3 is 1. The fraction of sp³-hybridized carbons (Fsp3) is 0.444. The molecule has 1 aromatic carbocycles. The van der Waals surface area contributed by atoms with E-state index in [2.05, 4.69) is 0 Å². The van der Waals surface area contributed by atoms with E-state index in [1.807, 2.05) is 0 Å². The van der Waals surface area contributed by atoms with Gasteiger partial charge in [-0.3, -0.25) is 4.79 Å². The maximum absolute atomic E-state index is 12.4. The summed E-state index contributed by atoms with van der Waals surface area (Å²) in [6, 6.07) is 4.57. The molecule has 142 valence electrons. The highest BCUT2D eigenvalue weighted by atomic mass is 32.2. The van der Waals surface area contributed by atoms with Crippen molar-refractivity contribution in [2.24, 2.45) is 0 Å². The number of Topliss-reactive ketones (excluding diaryl/α,β-unsaturated/α-hetero) is 1. The number of ether oxygens (including phenoxy) is 2. The molecule has 8 heteroatoms. The van der Waals surface area contributed by atoms with Crippen molar-refractivity contribution < 1.29 is 27.5 Å². The van der Waals surface area contributed by atoms with Crippen molar-refractivity contribution in [1.82, 2.24) is 4.31 Å². The van der Waals surface area contributed by atoms with Gasteiger partial charge in [0.2, 0.25) is 10.0 Å². The molecule has 1 aliphatic carbocycles. The Kier molecular flexibility index (Phi) is 6.55. The number of nitrogens with zero attached hydrogens (tertiary/aromatic N) is 1. The summed E-state index contributed by atoms with van der Waals surface area (Å²) in [5.41, 5.74) is 0.498. The van der Waals surface area contributed by atoms with Crippen molar-refractivity contribution in [2.75, 3.05) is 21.2 Å². The van der Waals surface area contributed by atoms with Crippen LogP contribution in [0.15, 0.2) is 29.2 Å². The van der Waals surface area contributed by atoms with Crippen molar-refractivity contribution in [3.63, 3.8) is 0 Å². The maximum Gasteiger partial charge on any atom is 0.331 e. The minimum Gasteiger partial charge on any atom is -0.495 e. The molecule has 0 N–H and O–H groups in total. The molecule has 1 aliphatic rings. The third kappa shape index (κ3) is 4.70. The fourth-order valence-corrected chi connectivity index (χ4v) is 3.70. The number of hydrogen-bond acceptors (Lipinski definition) is 6. The third-order valence-electron chi connectivity index (χ3n) is 4.12. The van der Waals surface area contributed by atoms with Crippen LogP contribution in [0.25, 0.3) is 6.08 Å². The number of carbonyl (C=O) groups excluding carboxylic acids is 2. The van der Waals surface area contributed by atoms with Crippen molar-refractivity contribution in [3.05, 3.63) is 29.8 Å². The van der Waals surface area contributed by atoms with E-state index in [1.165, 1.54) is 45.5 Å². The Morgan fingerprint density at radius 3 is 2.62 bits per heavy atom. The minimum absolute atomic E-state index is 0.00276. The Morgan fingerprint density at radius 2 is 2.00 bits per heavy atom. The molecule has 26 heavy (non-hydrogen) atoms. The highest BCUT2D eigenvalue weighted by Crippen LogP contribution is 2.27. The molecule has 1 saturated carbocycles. The van der Waals surface area contributed by atoms with E-state index in [4.69, 9.17) is 9.47 Å². The van der Waals surface area contributed by atoms with E-state index >= 15 is 0 Å². The van der Waals surface area contributed by atoms with Crippen LogP contribution in [0.2, 0.25) is 0 Å². The summed E-state index contributed by atoms with van der Waals surface area (Å²) in [5, 5.41) is 0. The number of sulfonamides is 1. The topological polar surface area (TPSA) is 90.0 Å². The van der Waals surface area contributed by atoms with Crippen LogP contribution < -0.4 is 4.74 Å². The molecule has 0 amide bonds. The first-order valence-electron chi connectivity index (χ1n) is 8.27. The van der Waals surface area contributed by atoms with Crippen molar-refractivity contribution in [2.45, 2.75) is 36.7 Å². The molecule has 0 unspecified atom stereocenters. The zero-order valence-corrected chi connectivity index (χ0v) is 15.9. The van der Waals surface area contributed by atoms with Crippen LogP contribution in [0.5, 0.6) is 5.75 Å². The van der Waals surface area contributed by atoms with Gasteiger partial charge >= 0.3 is 5.97 Å². The molecule has 7 nitrogen and oxygen atoms in total. The molecule has 1 aromatic rings. The summed E-state index contributed by atoms with van der Waals surface area (Å²) >= 11 is 0. The largest absolute Gasteiger partial charge is 0.495 e. The summed E-state index contributed by atoms with van der Waals surface area (Å²) in [7, 11) is 0.543. The summed E-state index contributed by atoms with van der Waals surface area (Å²) in [4.78, 5) is 23.6. The molecular weight excluding hydrogens is 358 g/mol. The maximum atomic E-state index is 12.4. The molecule has 1 fully saturated rings. The van der Waals surface area contributed by atoms with Gasteiger partial charge in [-0.15, -0.1) is 0 Å². The Labute approximate surface area is 153 Å². The lowest BCUT2D eigenvalue weighted by molar-refractivity contribution is -0.152. The van der Waals surface area contributed by atoms with Crippen molar-refractivity contribution in [3.8, 4) is 5.75 Å². The lowest BCUT2D eigenvalue weighted by Gasteiger charge is -2.19. The molecule has 0 radical (unpaired) electrons. The quantitative estimate of drug-likeness (QED) is 0.553. The molecule has 0 bridgehead atoms. The van der Waals surface area contributed by atoms with Gasteiger partial charge in [-0.05, 0) is 43.0 Å². The first-order chi connectivity index (χ1) is 12.3. The monoisotopic (exact) mass is 381 g/mol. The SMILES string of the molecule is COc1ccc(/C=C/C(=O)O[C@@H]2CCCCC2=O)cc1S(=O)(=O)N(C)C. The van der Waals surface area contributed by atoms with Crippen LogP contribution in [0.3, 0.4) is 0 Å². The zero-order valence-electron chi connectivity index (χ0n) is 15.1. The van der Waals surface area contributed by atoms with Crippen LogP contribution in [0.1, 0.15) is 31.2 Å². The van der Waals surface area contributed by atoms with Crippen molar-refractivity contribution >= 4 is 27.9 Å². The molecule has 2 rings (SSSR count). The molecule has 0 saturated heterocycles. The van der Waals surface area contributed by atoms with E-state index in [0.29, 0.717) is 18.4 Å². The predicted molar refractivity (Wildman–Crippen MR) is 96.3 cm³/mol. The van der Waals surface area contributed by atoms with Gasteiger partial charge < -0.3 is 9.47 Å². The predicted octanol–water partition coefficient (Wildman–Crippen LogP) is 2.01. The van der Waals surface area contributed by atoms with Gasteiger partial charge in [-0.1, -0.05) is 6.07 Å². The highest BCUT2D eigenvalue weighted by molar-refractivity contribution is 7.89. The van der Waals surface area contributed by atoms with E-state index in [9.17, 15) is 18.0 Å². The van der Waals surface area contributed by atoms with Crippen LogP contribution in [0.4, 0.5) is 0 Å². The molecule has 0 spiro atoms. The standard InChI is InChI=1S/C18H23NO6S/c1-19(2)26(22,23)17-12-13(8-10-16(17)24-3)9-11-18(21)25-15-7-5-4-6-14(15)20/h8-12,15H,4-7H2,1-3H3/b11-9+/t15-/m1/s1. The zero-order chi connectivity index (χ0) is 19.3. The molecule has 0 aromatic heterocycles. The molecule has 0 heterocycles. The number of rotatable bonds is 6. The van der Waals surface area contributed by atoms with Crippen molar-refractivity contribution in [1.29, 1.82) is 0 Å². The highest BCUT2D eigenvalue weighted by Gasteiger charge is 2.25. The number of carbonyl (C=O) groups is 2. The normalized spacial score (nSPS) is 18.3. The second kappa shape index (κ2) is 8.46. The lowest BCUT2D eigenvalue weighted by Crippen LogP contribution is -2.29. The second-order valence-corrected chi connectivity index (χ2v) is 8.29. The average molecular weight is 381 g/mol. The number of ketones is 1. The Hall–Kier alpha value is -2.19. The fourth-order valence-electron chi connectivity index (χ4n) is 2.61. The molecule has 0 aliphatic heterocycles. The van der Waals surface area contributed by atoms with E-state index < -0.39 is 22.1 Å². The Balaban J connectivity index is 2.17. The third-order valence-corrected chi connectivity index (χ3v) is 5.95. The summed E-state index contributed by atoms with van der Waals surface area (Å²) < 4.78 is 36.2. The van der Waals surface area contributed by atoms with Crippen LogP contribution >= 0.6 is 0 Å². The average Bonchev–Trinajstić information content (AvgIpc) is 2.61. The first kappa shape index (κ1) is 20.1. The van der Waals surface area contributed by atoms with E-state index in [-0.39, 0.29) is 16.4 Å². The molecule has 1 atom stereocenters. The first-order valence-corrected chi connectivity index (χ1v) is 9.71. The van der Waals surface area contributed by atoms with Gasteiger partial charge in [-0.2, -0.15) is 0 Å². The van der Waals surface area contributed by atoms with Crippen LogP contribution in [0, 0.1) is 0 Å². The minimum atomic E-state index is -3.70. The van der Waals surface area contributed by atoms with Gasteiger partial charge in [0, 0.05) is 26.6 Å². The van der Waals surface area contributed by atoms with Gasteiger partial charge in [0.25, 0.3) is 0 Å². The Morgan fingerprint density at radius 1 is 1.27 bits per heavy atom. The van der Waals surface area contributed by atoms with Gasteiger partial charge in [0.15, 0.2) is 11.9 Å². The summed E-state index contributed by atoms with van der Waals surface area (Å²) in [6.07, 6.45) is 4.63. The number of benzene rings is 1. The van der Waals surface area contributed by atoms with Gasteiger partial charge in [-0.25, -0.2) is 17.5 Å². The number of hydrogen-bond donors (Lipinski definition) is 0. The van der Waals surface area contributed by atoms with E-state index in [0.717, 1.165) is 17.1 Å². The second-order valence-electron chi connectivity index (χ2n) is 6.17. The Bertz CT molecular complexity index is 813. The lowest BCUT2D eigenvalue weighted by atomic mass is 9.96. The number of esters is 1. The van der Waals surface area contributed by atoms with Gasteiger partial charge in [0.1, 0.15) is 10.6 Å². The molecular formula is C18H23NO6S. The van der Waals surface area contributed by atoms with E-state index in [1.54, 1.807) is 6.07 Å². The smallest absolute Gasteiger partial charge is 0.331 e. The summed E-state index contributed by atoms with van der Waals surface area (Å²) in [6.45, 7) is 0. The van der Waals surface area contributed by atoms with Gasteiger partial charge in [0.05, 0.1) is 7.11 Å². The summed E-state index contributed by atoms with van der Waals surface area (Å²) in [5.74, 6) is -0.467. The van der Waals surface area contributed by atoms with Crippen LogP contribution in [-0.4, -0.2) is 51.8 Å². The van der Waals surface area contributed by atoms with Crippen LogP contribution in [-0.2, 0) is 24.3 Å².